The van der Waals surface area contributed by atoms with Crippen molar-refractivity contribution in [3.63, 3.8) is 0 Å². The van der Waals surface area contributed by atoms with Crippen molar-refractivity contribution in [2.75, 3.05) is 6.54 Å². The van der Waals surface area contributed by atoms with Crippen molar-refractivity contribution in [3.05, 3.63) is 71.3 Å². The third-order valence-corrected chi connectivity index (χ3v) is 5.17. The first-order valence-electron chi connectivity index (χ1n) is 9.81. The highest BCUT2D eigenvalue weighted by atomic mass is 16.5. The number of nitrogens with one attached hydrogen (secondary N) is 1. The SMILES string of the molecule is C[C@H](CNC(=O)[C@@H](C)OC(=O)[C@@H](C)N1C(=O)c2ccccc2C1=O)c1ccccc1. The summed E-state index contributed by atoms with van der Waals surface area (Å²) in [4.78, 5) is 50.7. The Bertz CT molecular complexity index is 938. The fraction of sp³-hybridized carbons (Fsp3) is 0.304. The summed E-state index contributed by atoms with van der Waals surface area (Å²) in [6.45, 7) is 5.23. The second-order valence-corrected chi connectivity index (χ2v) is 7.34. The summed E-state index contributed by atoms with van der Waals surface area (Å²) in [6.07, 6.45) is -1.06. The number of esters is 1. The molecule has 0 unspecified atom stereocenters. The van der Waals surface area contributed by atoms with Gasteiger partial charge in [-0.1, -0.05) is 49.4 Å². The van der Waals surface area contributed by atoms with E-state index in [0.717, 1.165) is 10.5 Å². The predicted octanol–water partition coefficient (Wildman–Crippen LogP) is 2.52. The van der Waals surface area contributed by atoms with E-state index in [2.05, 4.69) is 5.32 Å². The van der Waals surface area contributed by atoms with Crippen LogP contribution in [0.15, 0.2) is 54.6 Å². The van der Waals surface area contributed by atoms with Crippen LogP contribution in [-0.4, -0.2) is 47.3 Å². The molecule has 7 heteroatoms. The number of nitrogens with zero attached hydrogens (tertiary/aromatic N) is 1. The molecule has 0 aromatic heterocycles. The number of carbonyl (C=O) groups excluding carboxylic acids is 4. The van der Waals surface area contributed by atoms with Crippen LogP contribution in [0.5, 0.6) is 0 Å². The lowest BCUT2D eigenvalue weighted by atomic mass is 10.0. The molecule has 0 fully saturated rings. The maximum atomic E-state index is 12.5. The molecule has 156 valence electrons. The van der Waals surface area contributed by atoms with Crippen LogP contribution in [0.2, 0.25) is 0 Å². The summed E-state index contributed by atoms with van der Waals surface area (Å²) < 4.78 is 5.22. The van der Waals surface area contributed by atoms with Gasteiger partial charge in [-0.3, -0.25) is 19.3 Å². The lowest BCUT2D eigenvalue weighted by Gasteiger charge is -2.23. The van der Waals surface area contributed by atoms with Gasteiger partial charge in [-0.2, -0.15) is 0 Å². The first-order chi connectivity index (χ1) is 14.3. The second-order valence-electron chi connectivity index (χ2n) is 7.34. The number of imide groups is 1. The van der Waals surface area contributed by atoms with Gasteiger partial charge >= 0.3 is 5.97 Å². The van der Waals surface area contributed by atoms with Gasteiger partial charge in [-0.25, -0.2) is 4.79 Å². The van der Waals surface area contributed by atoms with E-state index in [1.165, 1.54) is 26.0 Å². The molecule has 3 amide bonds. The topological polar surface area (TPSA) is 92.8 Å². The van der Waals surface area contributed by atoms with Gasteiger partial charge < -0.3 is 10.1 Å². The van der Waals surface area contributed by atoms with Crippen LogP contribution in [0.1, 0.15) is 53.0 Å². The summed E-state index contributed by atoms with van der Waals surface area (Å²) in [7, 11) is 0. The normalized spacial score (nSPS) is 15.9. The Morgan fingerprint density at radius 1 is 0.900 bits per heavy atom. The zero-order valence-electron chi connectivity index (χ0n) is 17.1. The van der Waals surface area contributed by atoms with Gasteiger partial charge in [0.2, 0.25) is 0 Å². The van der Waals surface area contributed by atoms with Gasteiger partial charge in [-0.15, -0.1) is 0 Å². The molecule has 1 heterocycles. The quantitative estimate of drug-likeness (QED) is 0.561. The third-order valence-electron chi connectivity index (χ3n) is 5.17. The van der Waals surface area contributed by atoms with Crippen molar-refractivity contribution in [3.8, 4) is 0 Å². The zero-order chi connectivity index (χ0) is 21.8. The molecule has 3 rings (SSSR count). The fourth-order valence-electron chi connectivity index (χ4n) is 3.29. The van der Waals surface area contributed by atoms with E-state index in [4.69, 9.17) is 4.74 Å². The number of benzene rings is 2. The van der Waals surface area contributed by atoms with E-state index < -0.39 is 35.8 Å². The van der Waals surface area contributed by atoms with E-state index in [1.807, 2.05) is 37.3 Å². The van der Waals surface area contributed by atoms with Crippen molar-refractivity contribution >= 4 is 23.7 Å². The van der Waals surface area contributed by atoms with Crippen LogP contribution >= 0.6 is 0 Å². The van der Waals surface area contributed by atoms with Crippen LogP contribution in [0, 0.1) is 0 Å². The molecule has 1 N–H and O–H groups in total. The van der Waals surface area contributed by atoms with E-state index >= 15 is 0 Å². The highest BCUT2D eigenvalue weighted by molar-refractivity contribution is 6.22. The van der Waals surface area contributed by atoms with Gasteiger partial charge in [0.25, 0.3) is 17.7 Å². The molecule has 30 heavy (non-hydrogen) atoms. The van der Waals surface area contributed by atoms with E-state index in [1.54, 1.807) is 12.1 Å². The smallest absolute Gasteiger partial charge is 0.329 e. The van der Waals surface area contributed by atoms with Gasteiger partial charge in [-0.05, 0) is 37.5 Å². The van der Waals surface area contributed by atoms with Gasteiger partial charge in [0, 0.05) is 6.54 Å². The molecule has 1 aliphatic rings. The largest absolute Gasteiger partial charge is 0.451 e. The highest BCUT2D eigenvalue weighted by Gasteiger charge is 2.41. The van der Waals surface area contributed by atoms with E-state index in [9.17, 15) is 19.2 Å². The lowest BCUT2D eigenvalue weighted by Crippen LogP contribution is -2.46. The van der Waals surface area contributed by atoms with Crippen molar-refractivity contribution in [2.45, 2.75) is 38.8 Å². The Hall–Kier alpha value is -3.48. The van der Waals surface area contributed by atoms with E-state index in [-0.39, 0.29) is 17.0 Å². The first kappa shape index (κ1) is 21.2. The summed E-state index contributed by atoms with van der Waals surface area (Å²) in [6, 6.07) is 15.0. The maximum absolute atomic E-state index is 12.5. The molecule has 2 aromatic carbocycles. The second kappa shape index (κ2) is 8.90. The van der Waals surface area contributed by atoms with Gasteiger partial charge in [0.1, 0.15) is 6.04 Å². The molecule has 0 radical (unpaired) electrons. The molecule has 1 aliphatic heterocycles. The predicted molar refractivity (Wildman–Crippen MR) is 110 cm³/mol. The average molecular weight is 408 g/mol. The first-order valence-corrected chi connectivity index (χ1v) is 9.81. The minimum absolute atomic E-state index is 0.0929. The Labute approximate surface area is 175 Å². The summed E-state index contributed by atoms with van der Waals surface area (Å²) in [5.74, 6) is -2.26. The Morgan fingerprint density at radius 3 is 2.00 bits per heavy atom. The summed E-state index contributed by atoms with van der Waals surface area (Å²) >= 11 is 0. The number of fused-ring (bicyclic) bond motifs is 1. The Morgan fingerprint density at radius 2 is 1.43 bits per heavy atom. The fourth-order valence-corrected chi connectivity index (χ4v) is 3.29. The number of amides is 3. The molecular formula is C23H24N2O5. The molecule has 0 saturated carbocycles. The Kier molecular flexibility index (Phi) is 6.30. The van der Waals surface area contributed by atoms with Crippen LogP contribution < -0.4 is 5.32 Å². The molecule has 0 aliphatic carbocycles. The monoisotopic (exact) mass is 408 g/mol. The minimum atomic E-state index is -1.14. The van der Waals surface area contributed by atoms with Crippen molar-refractivity contribution < 1.29 is 23.9 Å². The molecule has 2 aromatic rings. The summed E-state index contributed by atoms with van der Waals surface area (Å²) in [5, 5.41) is 2.76. The number of carbonyl (C=O) groups is 4. The minimum Gasteiger partial charge on any atom is -0.451 e. The van der Waals surface area contributed by atoms with Crippen molar-refractivity contribution in [1.82, 2.24) is 10.2 Å². The molecule has 3 atom stereocenters. The molecule has 0 spiro atoms. The van der Waals surface area contributed by atoms with Crippen LogP contribution in [0.3, 0.4) is 0 Å². The standard InChI is InChI=1S/C23H24N2O5/c1-14(17-9-5-4-6-10-17)13-24-20(26)16(3)30-23(29)15(2)25-21(27)18-11-7-8-12-19(18)22(25)28/h4-12,14-16H,13H2,1-3H3,(H,24,26)/t14-,15-,16-/m1/s1. The molecule has 0 saturated heterocycles. The lowest BCUT2D eigenvalue weighted by molar-refractivity contribution is -0.158. The number of hydrogen-bond donors (Lipinski definition) is 1. The Balaban J connectivity index is 1.55. The van der Waals surface area contributed by atoms with Gasteiger partial charge in [0.05, 0.1) is 11.1 Å². The summed E-state index contributed by atoms with van der Waals surface area (Å²) in [5.41, 5.74) is 1.59. The highest BCUT2D eigenvalue weighted by Crippen LogP contribution is 2.25. The van der Waals surface area contributed by atoms with Crippen LogP contribution in [0.25, 0.3) is 0 Å². The van der Waals surface area contributed by atoms with Crippen LogP contribution in [0.4, 0.5) is 0 Å². The van der Waals surface area contributed by atoms with Crippen molar-refractivity contribution in [2.24, 2.45) is 0 Å². The van der Waals surface area contributed by atoms with Crippen molar-refractivity contribution in [1.29, 1.82) is 0 Å². The number of rotatable bonds is 7. The number of ether oxygens (including phenoxy) is 1. The molecular weight excluding hydrogens is 384 g/mol. The molecule has 7 nitrogen and oxygen atoms in total. The van der Waals surface area contributed by atoms with Crippen LogP contribution in [-0.2, 0) is 14.3 Å². The maximum Gasteiger partial charge on any atom is 0.329 e. The molecule has 0 bridgehead atoms. The average Bonchev–Trinajstić information content (AvgIpc) is 3.02. The van der Waals surface area contributed by atoms with Gasteiger partial charge in [0.15, 0.2) is 6.10 Å². The number of hydrogen-bond acceptors (Lipinski definition) is 5. The zero-order valence-corrected chi connectivity index (χ0v) is 17.1. The van der Waals surface area contributed by atoms with E-state index in [0.29, 0.717) is 6.54 Å². The third kappa shape index (κ3) is 4.25.